The van der Waals surface area contributed by atoms with E-state index in [-0.39, 0.29) is 18.8 Å². The number of sulfonamides is 1. The molecule has 0 aromatic rings. The summed E-state index contributed by atoms with van der Waals surface area (Å²) in [4.78, 5) is 21.9. The van der Waals surface area contributed by atoms with Gasteiger partial charge in [-0.2, -0.15) is 4.31 Å². The van der Waals surface area contributed by atoms with Gasteiger partial charge in [-0.15, -0.1) is 0 Å². The zero-order valence-corrected chi connectivity index (χ0v) is 12.6. The average molecular weight is 321 g/mol. The molecule has 0 aromatic carbocycles. The third-order valence-electron chi connectivity index (χ3n) is 2.71. The molecule has 0 radical (unpaired) electrons. The predicted octanol–water partition coefficient (Wildman–Crippen LogP) is -0.689. The van der Waals surface area contributed by atoms with Crippen LogP contribution in [0, 0.1) is 0 Å². The van der Waals surface area contributed by atoms with E-state index in [4.69, 9.17) is 9.47 Å². The van der Waals surface area contributed by atoms with Gasteiger partial charge in [0.15, 0.2) is 0 Å². The predicted molar refractivity (Wildman–Crippen MR) is 72.9 cm³/mol. The summed E-state index contributed by atoms with van der Waals surface area (Å²) in [6.45, 7) is 1.46. The van der Waals surface area contributed by atoms with E-state index in [1.165, 1.54) is 11.4 Å². The van der Waals surface area contributed by atoms with Gasteiger partial charge < -0.3 is 14.2 Å². The van der Waals surface area contributed by atoms with Gasteiger partial charge in [-0.1, -0.05) is 0 Å². The molecule has 120 valence electrons. The third kappa shape index (κ3) is 6.69. The third-order valence-corrected chi connectivity index (χ3v) is 4.67. The van der Waals surface area contributed by atoms with Crippen LogP contribution >= 0.6 is 0 Å². The molecule has 0 spiro atoms. The van der Waals surface area contributed by atoms with Crippen molar-refractivity contribution >= 4 is 22.0 Å². The number of nitrogens with zero attached hydrogens (tertiary/aromatic N) is 1. The van der Waals surface area contributed by atoms with Gasteiger partial charge in [0.1, 0.15) is 0 Å². The van der Waals surface area contributed by atoms with Gasteiger partial charge in [0.05, 0.1) is 32.7 Å². The lowest BCUT2D eigenvalue weighted by molar-refractivity contribution is -0.139. The van der Waals surface area contributed by atoms with Gasteiger partial charge >= 0.3 is 11.9 Å². The van der Waals surface area contributed by atoms with Crippen molar-refractivity contribution in [2.45, 2.75) is 6.42 Å². The Morgan fingerprint density at radius 3 is 2.43 bits per heavy atom. The van der Waals surface area contributed by atoms with Crippen LogP contribution in [0.3, 0.4) is 0 Å². The van der Waals surface area contributed by atoms with Crippen LogP contribution in [0.15, 0.2) is 12.2 Å². The van der Waals surface area contributed by atoms with E-state index in [9.17, 15) is 18.0 Å². The Labute approximate surface area is 123 Å². The van der Waals surface area contributed by atoms with Gasteiger partial charge in [-0.25, -0.2) is 18.0 Å². The molecule has 1 aliphatic heterocycles. The number of morpholine rings is 1. The van der Waals surface area contributed by atoms with Crippen LogP contribution in [0.5, 0.6) is 0 Å². The van der Waals surface area contributed by atoms with E-state index in [0.717, 1.165) is 12.2 Å². The summed E-state index contributed by atoms with van der Waals surface area (Å²) in [6, 6.07) is 0. The SMILES string of the molecule is COC(=O)/C=C/C(=O)OCCCS(=O)(=O)N1CCOCC1. The second-order valence-electron chi connectivity index (χ2n) is 4.20. The number of rotatable bonds is 7. The lowest BCUT2D eigenvalue weighted by Gasteiger charge is -2.25. The van der Waals surface area contributed by atoms with Gasteiger partial charge in [-0.05, 0) is 6.42 Å². The number of ether oxygens (including phenoxy) is 3. The Bertz CT molecular complexity index is 480. The highest BCUT2D eigenvalue weighted by Crippen LogP contribution is 2.07. The highest BCUT2D eigenvalue weighted by atomic mass is 32.2. The van der Waals surface area contributed by atoms with E-state index in [2.05, 4.69) is 4.74 Å². The molecule has 0 amide bonds. The van der Waals surface area contributed by atoms with Crippen LogP contribution < -0.4 is 0 Å². The highest BCUT2D eigenvalue weighted by Gasteiger charge is 2.23. The van der Waals surface area contributed by atoms with Gasteiger partial charge in [0, 0.05) is 25.2 Å². The molecule has 8 nitrogen and oxygen atoms in total. The molecule has 0 aromatic heterocycles. The number of methoxy groups -OCH3 is 1. The van der Waals surface area contributed by atoms with E-state index >= 15 is 0 Å². The normalized spacial score (nSPS) is 16.8. The quantitative estimate of drug-likeness (QED) is 0.348. The fourth-order valence-electron chi connectivity index (χ4n) is 1.62. The lowest BCUT2D eigenvalue weighted by atomic mass is 10.5. The van der Waals surface area contributed by atoms with Crippen LogP contribution in [-0.4, -0.2) is 70.4 Å². The molecule has 0 saturated carbocycles. The number of esters is 2. The van der Waals surface area contributed by atoms with E-state index in [1.54, 1.807) is 0 Å². The maximum absolute atomic E-state index is 11.9. The summed E-state index contributed by atoms with van der Waals surface area (Å²) < 4.78 is 39.4. The molecular formula is C12H19NO7S. The maximum Gasteiger partial charge on any atom is 0.331 e. The number of hydrogen-bond acceptors (Lipinski definition) is 7. The summed E-state index contributed by atoms with van der Waals surface area (Å²) in [7, 11) is -2.15. The Balaban J connectivity index is 2.25. The first-order chi connectivity index (χ1) is 9.95. The highest BCUT2D eigenvalue weighted by molar-refractivity contribution is 7.89. The first-order valence-electron chi connectivity index (χ1n) is 6.44. The molecule has 1 fully saturated rings. The Morgan fingerprint density at radius 2 is 1.81 bits per heavy atom. The number of carbonyl (C=O) groups is 2. The molecular weight excluding hydrogens is 302 g/mol. The van der Waals surface area contributed by atoms with Crippen molar-refractivity contribution in [3.63, 3.8) is 0 Å². The minimum atomic E-state index is -3.34. The molecule has 1 saturated heterocycles. The fraction of sp³-hybridized carbons (Fsp3) is 0.667. The zero-order valence-electron chi connectivity index (χ0n) is 11.8. The second-order valence-corrected chi connectivity index (χ2v) is 6.29. The molecule has 1 heterocycles. The van der Waals surface area contributed by atoms with Crippen LogP contribution in [0.1, 0.15) is 6.42 Å². The van der Waals surface area contributed by atoms with Gasteiger partial charge in [0.2, 0.25) is 10.0 Å². The smallest absolute Gasteiger partial charge is 0.331 e. The first kappa shape index (κ1) is 17.6. The largest absolute Gasteiger partial charge is 0.466 e. The van der Waals surface area contributed by atoms with Crippen molar-refractivity contribution in [1.29, 1.82) is 0 Å². The summed E-state index contributed by atoms with van der Waals surface area (Å²) >= 11 is 0. The molecule has 9 heteroatoms. The standard InChI is InChI=1S/C12H19NO7S/c1-18-11(14)3-4-12(15)20-7-2-10-21(16,17)13-5-8-19-9-6-13/h3-4H,2,5-10H2,1H3/b4-3+. The van der Waals surface area contributed by atoms with Crippen LogP contribution in [0.25, 0.3) is 0 Å². The zero-order chi connectivity index (χ0) is 15.7. The summed E-state index contributed by atoms with van der Waals surface area (Å²) in [5.41, 5.74) is 0. The molecule has 0 N–H and O–H groups in total. The molecule has 0 unspecified atom stereocenters. The minimum absolute atomic E-state index is 0.0338. The molecule has 21 heavy (non-hydrogen) atoms. The van der Waals surface area contributed by atoms with Gasteiger partial charge in [0.25, 0.3) is 0 Å². The van der Waals surface area contributed by atoms with Gasteiger partial charge in [-0.3, -0.25) is 0 Å². The van der Waals surface area contributed by atoms with Crippen LogP contribution in [0.4, 0.5) is 0 Å². The van der Waals surface area contributed by atoms with Crippen molar-refractivity contribution in [2.24, 2.45) is 0 Å². The van der Waals surface area contributed by atoms with Crippen molar-refractivity contribution in [3.8, 4) is 0 Å². The monoisotopic (exact) mass is 321 g/mol. The Morgan fingerprint density at radius 1 is 1.19 bits per heavy atom. The summed E-state index contributed by atoms with van der Waals surface area (Å²) in [5, 5.41) is 0. The number of carbonyl (C=O) groups excluding carboxylic acids is 2. The number of hydrogen-bond donors (Lipinski definition) is 0. The molecule has 1 aliphatic rings. The molecule has 1 rings (SSSR count). The first-order valence-corrected chi connectivity index (χ1v) is 8.05. The molecule has 0 bridgehead atoms. The Hall–Kier alpha value is -1.45. The van der Waals surface area contributed by atoms with E-state index < -0.39 is 22.0 Å². The van der Waals surface area contributed by atoms with Crippen molar-refractivity contribution in [3.05, 3.63) is 12.2 Å². The van der Waals surface area contributed by atoms with E-state index in [1.807, 2.05) is 0 Å². The summed E-state index contributed by atoms with van der Waals surface area (Å²) in [6.07, 6.45) is 2.06. The van der Waals surface area contributed by atoms with Crippen molar-refractivity contribution in [1.82, 2.24) is 4.31 Å². The second kappa shape index (κ2) is 8.75. The molecule has 0 atom stereocenters. The van der Waals surface area contributed by atoms with Crippen molar-refractivity contribution in [2.75, 3.05) is 45.8 Å². The molecule has 0 aliphatic carbocycles. The lowest BCUT2D eigenvalue weighted by Crippen LogP contribution is -2.41. The van der Waals surface area contributed by atoms with Crippen molar-refractivity contribution < 1.29 is 32.2 Å². The topological polar surface area (TPSA) is 99.2 Å². The van der Waals surface area contributed by atoms with Crippen LogP contribution in [-0.2, 0) is 33.8 Å². The van der Waals surface area contributed by atoms with Crippen LogP contribution in [0.2, 0.25) is 0 Å². The van der Waals surface area contributed by atoms with E-state index in [0.29, 0.717) is 26.3 Å². The Kier molecular flexibility index (Phi) is 7.34. The average Bonchev–Trinajstić information content (AvgIpc) is 2.50. The fourth-order valence-corrected chi connectivity index (χ4v) is 3.07. The minimum Gasteiger partial charge on any atom is -0.466 e. The summed E-state index contributed by atoms with van der Waals surface area (Å²) in [5.74, 6) is -1.48. The maximum atomic E-state index is 11.9.